The van der Waals surface area contributed by atoms with Gasteiger partial charge in [-0.2, -0.15) is 0 Å². The molecule has 0 unspecified atom stereocenters. The Kier molecular flexibility index (Phi) is 7.02. The Labute approximate surface area is 143 Å². The van der Waals surface area contributed by atoms with E-state index in [1.165, 1.54) is 0 Å². The smallest absolute Gasteiger partial charge is 0.307 e. The van der Waals surface area contributed by atoms with Crippen molar-refractivity contribution in [3.63, 3.8) is 0 Å². The van der Waals surface area contributed by atoms with Crippen molar-refractivity contribution >= 4 is 11.9 Å². The SMILES string of the molecule is CCOC(=O)CCN(Cc1ccccc1)C(=O)Cc1ccccc1. The van der Waals surface area contributed by atoms with Crippen LogP contribution in [0.1, 0.15) is 24.5 Å². The van der Waals surface area contributed by atoms with E-state index in [2.05, 4.69) is 0 Å². The van der Waals surface area contributed by atoms with Crippen molar-refractivity contribution in [2.24, 2.45) is 0 Å². The first-order valence-corrected chi connectivity index (χ1v) is 8.20. The Morgan fingerprint density at radius 3 is 2.08 bits per heavy atom. The van der Waals surface area contributed by atoms with Gasteiger partial charge in [-0.05, 0) is 18.1 Å². The van der Waals surface area contributed by atoms with Gasteiger partial charge in [0.25, 0.3) is 0 Å². The quantitative estimate of drug-likeness (QED) is 0.700. The van der Waals surface area contributed by atoms with Crippen LogP contribution in [0.15, 0.2) is 60.7 Å². The molecule has 0 atom stereocenters. The summed E-state index contributed by atoms with van der Waals surface area (Å²) >= 11 is 0. The molecule has 0 saturated carbocycles. The van der Waals surface area contributed by atoms with Crippen molar-refractivity contribution < 1.29 is 14.3 Å². The molecule has 0 bridgehead atoms. The van der Waals surface area contributed by atoms with Gasteiger partial charge >= 0.3 is 5.97 Å². The maximum Gasteiger partial charge on any atom is 0.307 e. The van der Waals surface area contributed by atoms with E-state index in [0.29, 0.717) is 26.1 Å². The Balaban J connectivity index is 2.03. The van der Waals surface area contributed by atoms with Crippen LogP contribution in [0.4, 0.5) is 0 Å². The minimum Gasteiger partial charge on any atom is -0.466 e. The zero-order valence-electron chi connectivity index (χ0n) is 14.0. The van der Waals surface area contributed by atoms with Crippen molar-refractivity contribution in [1.82, 2.24) is 4.90 Å². The number of nitrogens with zero attached hydrogens (tertiary/aromatic N) is 1. The molecule has 0 aliphatic carbocycles. The summed E-state index contributed by atoms with van der Waals surface area (Å²) in [5.41, 5.74) is 2.01. The van der Waals surface area contributed by atoms with Gasteiger partial charge in [0.1, 0.15) is 0 Å². The maximum atomic E-state index is 12.7. The first kappa shape index (κ1) is 17.7. The van der Waals surface area contributed by atoms with Gasteiger partial charge in [0, 0.05) is 13.1 Å². The van der Waals surface area contributed by atoms with Crippen LogP contribution >= 0.6 is 0 Å². The van der Waals surface area contributed by atoms with Crippen molar-refractivity contribution in [2.75, 3.05) is 13.2 Å². The first-order valence-electron chi connectivity index (χ1n) is 8.20. The number of hydrogen-bond acceptors (Lipinski definition) is 3. The van der Waals surface area contributed by atoms with E-state index < -0.39 is 0 Å². The Morgan fingerprint density at radius 2 is 1.50 bits per heavy atom. The molecule has 2 rings (SSSR count). The third-order valence-corrected chi connectivity index (χ3v) is 3.66. The molecule has 126 valence electrons. The molecule has 4 heteroatoms. The monoisotopic (exact) mass is 325 g/mol. The molecular formula is C20H23NO3. The summed E-state index contributed by atoms with van der Waals surface area (Å²) in [4.78, 5) is 26.0. The summed E-state index contributed by atoms with van der Waals surface area (Å²) in [6.07, 6.45) is 0.539. The van der Waals surface area contributed by atoms with Crippen LogP contribution in [-0.4, -0.2) is 29.9 Å². The van der Waals surface area contributed by atoms with E-state index >= 15 is 0 Å². The van der Waals surface area contributed by atoms with Crippen LogP contribution in [0.5, 0.6) is 0 Å². The van der Waals surface area contributed by atoms with Crippen LogP contribution in [0.2, 0.25) is 0 Å². The molecule has 0 spiro atoms. The topological polar surface area (TPSA) is 46.6 Å². The molecule has 0 aliphatic rings. The molecule has 0 aliphatic heterocycles. The molecule has 1 amide bonds. The highest BCUT2D eigenvalue weighted by atomic mass is 16.5. The highest BCUT2D eigenvalue weighted by Crippen LogP contribution is 2.09. The number of amides is 1. The number of ether oxygens (including phenoxy) is 1. The minimum atomic E-state index is -0.275. The lowest BCUT2D eigenvalue weighted by molar-refractivity contribution is -0.144. The van der Waals surface area contributed by atoms with Gasteiger partial charge in [0.2, 0.25) is 5.91 Å². The largest absolute Gasteiger partial charge is 0.466 e. The van der Waals surface area contributed by atoms with Gasteiger partial charge < -0.3 is 9.64 Å². The van der Waals surface area contributed by atoms with Gasteiger partial charge in [0.15, 0.2) is 0 Å². The third kappa shape index (κ3) is 5.88. The van der Waals surface area contributed by atoms with Crippen LogP contribution in [0.25, 0.3) is 0 Å². The molecule has 2 aromatic carbocycles. The molecule has 4 nitrogen and oxygen atoms in total. The molecule has 24 heavy (non-hydrogen) atoms. The molecule has 0 heterocycles. The second-order valence-corrected chi connectivity index (χ2v) is 5.52. The fourth-order valence-corrected chi connectivity index (χ4v) is 2.44. The summed E-state index contributed by atoms with van der Waals surface area (Å²) in [6.45, 7) is 2.99. The minimum absolute atomic E-state index is 0.00866. The normalized spacial score (nSPS) is 10.2. The van der Waals surface area contributed by atoms with E-state index in [1.54, 1.807) is 11.8 Å². The van der Waals surface area contributed by atoms with Gasteiger partial charge in [0.05, 0.1) is 19.4 Å². The van der Waals surface area contributed by atoms with E-state index in [9.17, 15) is 9.59 Å². The van der Waals surface area contributed by atoms with Crippen LogP contribution < -0.4 is 0 Å². The number of rotatable bonds is 8. The maximum absolute atomic E-state index is 12.7. The average Bonchev–Trinajstić information content (AvgIpc) is 2.60. The van der Waals surface area contributed by atoms with Crippen LogP contribution in [0.3, 0.4) is 0 Å². The molecule has 2 aromatic rings. The lowest BCUT2D eigenvalue weighted by atomic mass is 10.1. The molecule has 0 N–H and O–H groups in total. The number of carbonyl (C=O) groups excluding carboxylic acids is 2. The second kappa shape index (κ2) is 9.50. The zero-order valence-corrected chi connectivity index (χ0v) is 14.0. The van der Waals surface area contributed by atoms with Gasteiger partial charge in [-0.3, -0.25) is 9.59 Å². The van der Waals surface area contributed by atoms with Gasteiger partial charge in [-0.15, -0.1) is 0 Å². The second-order valence-electron chi connectivity index (χ2n) is 5.52. The number of carbonyl (C=O) groups is 2. The van der Waals surface area contributed by atoms with Crippen molar-refractivity contribution in [3.05, 3.63) is 71.8 Å². The van der Waals surface area contributed by atoms with E-state index in [1.807, 2.05) is 60.7 Å². The Bertz CT molecular complexity index is 640. The van der Waals surface area contributed by atoms with Crippen molar-refractivity contribution in [2.45, 2.75) is 26.3 Å². The number of benzene rings is 2. The molecule has 0 radical (unpaired) electrons. The number of hydrogen-bond donors (Lipinski definition) is 0. The fourth-order valence-electron chi connectivity index (χ4n) is 2.44. The highest BCUT2D eigenvalue weighted by Gasteiger charge is 2.16. The third-order valence-electron chi connectivity index (χ3n) is 3.66. The first-order chi connectivity index (χ1) is 11.7. The van der Waals surface area contributed by atoms with E-state index in [4.69, 9.17) is 4.74 Å². The predicted molar refractivity (Wildman–Crippen MR) is 93.3 cm³/mol. The molecular weight excluding hydrogens is 302 g/mol. The lowest BCUT2D eigenvalue weighted by Gasteiger charge is -2.22. The molecule has 0 fully saturated rings. The summed E-state index contributed by atoms with van der Waals surface area (Å²) in [5.74, 6) is -0.266. The zero-order chi connectivity index (χ0) is 17.2. The predicted octanol–water partition coefficient (Wildman–Crippen LogP) is 3.21. The van der Waals surface area contributed by atoms with E-state index in [0.717, 1.165) is 11.1 Å². The van der Waals surface area contributed by atoms with Crippen LogP contribution in [-0.2, 0) is 27.3 Å². The van der Waals surface area contributed by atoms with E-state index in [-0.39, 0.29) is 18.3 Å². The standard InChI is InChI=1S/C20H23NO3/c1-2-24-20(23)13-14-21(16-18-11-7-4-8-12-18)19(22)15-17-9-5-3-6-10-17/h3-12H,2,13-16H2,1H3. The average molecular weight is 325 g/mol. The van der Waals surface area contributed by atoms with Crippen molar-refractivity contribution in [1.29, 1.82) is 0 Å². The summed E-state index contributed by atoms with van der Waals surface area (Å²) < 4.78 is 4.96. The molecule has 0 aromatic heterocycles. The number of esters is 1. The van der Waals surface area contributed by atoms with Gasteiger partial charge in [-0.25, -0.2) is 0 Å². The highest BCUT2D eigenvalue weighted by molar-refractivity contribution is 5.79. The fraction of sp³-hybridized carbons (Fsp3) is 0.300. The lowest BCUT2D eigenvalue weighted by Crippen LogP contribution is -2.34. The molecule has 0 saturated heterocycles. The Morgan fingerprint density at radius 1 is 0.917 bits per heavy atom. The van der Waals surface area contributed by atoms with Crippen molar-refractivity contribution in [3.8, 4) is 0 Å². The van der Waals surface area contributed by atoms with Gasteiger partial charge in [-0.1, -0.05) is 60.7 Å². The Hall–Kier alpha value is -2.62. The van der Waals surface area contributed by atoms with Crippen LogP contribution in [0, 0.1) is 0 Å². The summed E-state index contributed by atoms with van der Waals surface area (Å²) in [7, 11) is 0. The summed E-state index contributed by atoms with van der Waals surface area (Å²) in [6, 6.07) is 19.4. The summed E-state index contributed by atoms with van der Waals surface area (Å²) in [5, 5.41) is 0.